The lowest BCUT2D eigenvalue weighted by Crippen LogP contribution is -2.02. The molecule has 1 aliphatic heterocycles. The number of rotatable bonds is 0. The van der Waals surface area contributed by atoms with Crippen molar-refractivity contribution in [2.45, 2.75) is 0 Å². The van der Waals surface area contributed by atoms with Gasteiger partial charge in [-0.2, -0.15) is 0 Å². The Kier molecular flexibility index (Phi) is 4.62. The molecule has 2 aromatic rings. The number of hydrogen-bond donors (Lipinski definition) is 0. The summed E-state index contributed by atoms with van der Waals surface area (Å²) >= 11 is 20.9. The van der Waals surface area contributed by atoms with Crippen LogP contribution in [0.3, 0.4) is 0 Å². The molecule has 20 heavy (non-hydrogen) atoms. The van der Waals surface area contributed by atoms with Crippen LogP contribution in [0.15, 0.2) is 39.0 Å². The average molecular weight is 658 g/mol. The lowest BCUT2D eigenvalue weighted by molar-refractivity contribution is 0.351. The maximum Gasteiger partial charge on any atom is 0.186 e. The topological polar surface area (TPSA) is 18.5 Å². The van der Waals surface area contributed by atoms with Gasteiger partial charge in [-0.1, -0.05) is 0 Å². The van der Waals surface area contributed by atoms with Gasteiger partial charge in [0.15, 0.2) is 23.0 Å². The van der Waals surface area contributed by atoms with Gasteiger partial charge in [-0.25, -0.2) is 0 Å². The van der Waals surface area contributed by atoms with Crippen molar-refractivity contribution in [3.05, 3.63) is 39.0 Å². The van der Waals surface area contributed by atoms with Crippen molar-refractivity contribution in [3.63, 3.8) is 0 Å². The smallest absolute Gasteiger partial charge is 0.186 e. The molecule has 0 spiro atoms. The van der Waals surface area contributed by atoms with E-state index in [9.17, 15) is 0 Å². The van der Waals surface area contributed by atoms with E-state index in [1.807, 2.05) is 12.1 Å². The number of hydrogen-bond acceptors (Lipinski definition) is 2. The molecule has 0 bridgehead atoms. The van der Waals surface area contributed by atoms with Crippen molar-refractivity contribution in [2.75, 3.05) is 0 Å². The molecule has 0 atom stereocenters. The van der Waals surface area contributed by atoms with E-state index in [-0.39, 0.29) is 0 Å². The summed E-state index contributed by atoms with van der Waals surface area (Å²) < 4.78 is 17.0. The van der Waals surface area contributed by atoms with Gasteiger partial charge in [0.25, 0.3) is 0 Å². The molecule has 104 valence electrons. The molecule has 0 aromatic heterocycles. The summed E-state index contributed by atoms with van der Waals surface area (Å²) in [6.07, 6.45) is 0. The first kappa shape index (κ1) is 15.8. The lowest BCUT2D eigenvalue weighted by Gasteiger charge is -2.25. The highest BCUT2D eigenvalue weighted by Crippen LogP contribution is 2.58. The Morgan fingerprint density at radius 3 is 1.20 bits per heavy atom. The van der Waals surface area contributed by atoms with E-state index in [0.29, 0.717) is 23.0 Å². The predicted octanol–water partition coefficient (Wildman–Crippen LogP) is 8.16. The fourth-order valence-electron chi connectivity index (χ4n) is 1.69. The molecular formula is C12H2Br6O2. The molecule has 8 heteroatoms. The van der Waals surface area contributed by atoms with Crippen LogP contribution in [-0.4, -0.2) is 0 Å². The number of fused-ring (bicyclic) bond motifs is 2. The van der Waals surface area contributed by atoms with E-state index in [1.165, 1.54) is 0 Å². The monoisotopic (exact) mass is 652 g/mol. The van der Waals surface area contributed by atoms with Gasteiger partial charge in [-0.05, 0) is 108 Å². The Hall–Kier alpha value is 0.920. The van der Waals surface area contributed by atoms with Crippen LogP contribution in [0.5, 0.6) is 23.0 Å². The highest BCUT2D eigenvalue weighted by Gasteiger charge is 2.29. The Bertz CT molecular complexity index is 680. The lowest BCUT2D eigenvalue weighted by atomic mass is 10.2. The van der Waals surface area contributed by atoms with Gasteiger partial charge in [0.05, 0.1) is 17.9 Å². The van der Waals surface area contributed by atoms with Crippen molar-refractivity contribution >= 4 is 95.6 Å². The van der Waals surface area contributed by atoms with E-state index < -0.39 is 0 Å². The first-order chi connectivity index (χ1) is 9.40. The van der Waals surface area contributed by atoms with E-state index in [0.717, 1.165) is 26.8 Å². The summed E-state index contributed by atoms with van der Waals surface area (Å²) in [6, 6.07) is 3.80. The fraction of sp³-hybridized carbons (Fsp3) is 0. The Labute approximate surface area is 165 Å². The standard InChI is InChI=1S/C12H2Br6O2/c13-3-1-5(15)9-11(7(3)17)20-10-6(16)2-4(14)8(18)12(10)19-9/h1-2H. The van der Waals surface area contributed by atoms with Gasteiger partial charge in [0.2, 0.25) is 0 Å². The van der Waals surface area contributed by atoms with Crippen molar-refractivity contribution in [2.24, 2.45) is 0 Å². The third kappa shape index (κ3) is 2.54. The zero-order chi connectivity index (χ0) is 14.6. The van der Waals surface area contributed by atoms with Gasteiger partial charge in [0.1, 0.15) is 0 Å². The molecule has 0 aliphatic carbocycles. The van der Waals surface area contributed by atoms with E-state index >= 15 is 0 Å². The minimum Gasteiger partial charge on any atom is -0.447 e. The van der Waals surface area contributed by atoms with Crippen LogP contribution >= 0.6 is 95.6 Å². The third-order valence-corrected chi connectivity index (χ3v) is 7.65. The summed E-state index contributed by atoms with van der Waals surface area (Å²) in [4.78, 5) is 0. The fourth-order valence-corrected chi connectivity index (χ4v) is 4.85. The van der Waals surface area contributed by atoms with Crippen LogP contribution < -0.4 is 9.47 Å². The number of benzene rings is 2. The second kappa shape index (κ2) is 5.85. The normalized spacial score (nSPS) is 12.3. The van der Waals surface area contributed by atoms with E-state index in [4.69, 9.17) is 9.47 Å². The molecule has 0 saturated heterocycles. The predicted molar refractivity (Wildman–Crippen MR) is 99.2 cm³/mol. The Morgan fingerprint density at radius 1 is 0.500 bits per heavy atom. The molecule has 0 amide bonds. The Morgan fingerprint density at radius 2 is 0.850 bits per heavy atom. The maximum atomic E-state index is 6.01. The molecule has 0 radical (unpaired) electrons. The first-order valence-electron chi connectivity index (χ1n) is 5.11. The van der Waals surface area contributed by atoms with Gasteiger partial charge >= 0.3 is 0 Å². The van der Waals surface area contributed by atoms with Crippen molar-refractivity contribution in [1.82, 2.24) is 0 Å². The summed E-state index contributed by atoms with van der Waals surface area (Å²) in [7, 11) is 0. The van der Waals surface area contributed by atoms with Gasteiger partial charge < -0.3 is 9.47 Å². The highest BCUT2D eigenvalue weighted by atomic mass is 79.9. The van der Waals surface area contributed by atoms with Crippen molar-refractivity contribution in [3.8, 4) is 23.0 Å². The van der Waals surface area contributed by atoms with Crippen LogP contribution in [-0.2, 0) is 0 Å². The molecular weight excluding hydrogens is 656 g/mol. The van der Waals surface area contributed by atoms with Gasteiger partial charge in [-0.15, -0.1) is 0 Å². The van der Waals surface area contributed by atoms with Crippen LogP contribution in [0.25, 0.3) is 0 Å². The molecule has 2 aromatic carbocycles. The van der Waals surface area contributed by atoms with Crippen LogP contribution in [0.2, 0.25) is 0 Å². The Balaban J connectivity index is 2.27. The van der Waals surface area contributed by atoms with Crippen molar-refractivity contribution < 1.29 is 9.47 Å². The number of ether oxygens (including phenoxy) is 2. The first-order valence-corrected chi connectivity index (χ1v) is 9.86. The zero-order valence-corrected chi connectivity index (χ0v) is 18.8. The van der Waals surface area contributed by atoms with Gasteiger partial charge in [-0.3, -0.25) is 0 Å². The minimum atomic E-state index is 0.619. The summed E-state index contributed by atoms with van der Waals surface area (Å²) in [5.41, 5.74) is 0. The third-order valence-electron chi connectivity index (χ3n) is 2.58. The second-order valence-electron chi connectivity index (χ2n) is 3.83. The molecule has 0 fully saturated rings. The van der Waals surface area contributed by atoms with Crippen LogP contribution in [0.1, 0.15) is 0 Å². The highest BCUT2D eigenvalue weighted by molar-refractivity contribution is 9.13. The molecule has 0 saturated carbocycles. The summed E-state index contributed by atoms with van der Waals surface area (Å²) in [6.45, 7) is 0. The van der Waals surface area contributed by atoms with Crippen LogP contribution in [0.4, 0.5) is 0 Å². The largest absolute Gasteiger partial charge is 0.447 e. The molecule has 0 unspecified atom stereocenters. The van der Waals surface area contributed by atoms with E-state index in [1.54, 1.807) is 0 Å². The number of halogens is 6. The molecule has 1 heterocycles. The molecule has 3 rings (SSSR count). The zero-order valence-electron chi connectivity index (χ0n) is 9.24. The van der Waals surface area contributed by atoms with Crippen molar-refractivity contribution in [1.29, 1.82) is 0 Å². The van der Waals surface area contributed by atoms with Crippen LogP contribution in [0, 0.1) is 0 Å². The van der Waals surface area contributed by atoms with Gasteiger partial charge in [0, 0.05) is 8.95 Å². The molecule has 0 N–H and O–H groups in total. The average Bonchev–Trinajstić information content (AvgIpc) is 2.41. The molecule has 1 aliphatic rings. The summed E-state index contributed by atoms with van der Waals surface area (Å²) in [5.74, 6) is 2.49. The quantitative estimate of drug-likeness (QED) is 0.227. The second-order valence-corrected chi connectivity index (χ2v) is 8.83. The van der Waals surface area contributed by atoms with E-state index in [2.05, 4.69) is 95.6 Å². The minimum absolute atomic E-state index is 0.619. The molecule has 2 nitrogen and oxygen atoms in total. The summed E-state index contributed by atoms with van der Waals surface area (Å²) in [5, 5.41) is 0. The SMILES string of the molecule is Brc1cc(Br)c2c(c1Br)Oc1c(Br)cc(Br)c(Br)c1O2. The maximum absolute atomic E-state index is 6.01.